The number of nitrogens with zero attached hydrogens (tertiary/aromatic N) is 2. The maximum atomic E-state index is 12.4. The van der Waals surface area contributed by atoms with Gasteiger partial charge in [0, 0.05) is 13.0 Å². The predicted molar refractivity (Wildman–Crippen MR) is 73.0 cm³/mol. The molecule has 19 heavy (non-hydrogen) atoms. The smallest absolute Gasteiger partial charge is 0.235 e. The molecular formula is C15H24N2O2. The van der Waals surface area contributed by atoms with Crippen molar-refractivity contribution in [2.45, 2.75) is 59.8 Å². The van der Waals surface area contributed by atoms with Gasteiger partial charge in [-0.1, -0.05) is 13.8 Å². The third-order valence-corrected chi connectivity index (χ3v) is 4.33. The Hall–Kier alpha value is -1.37. The van der Waals surface area contributed by atoms with Gasteiger partial charge in [-0.3, -0.25) is 14.5 Å². The molecule has 0 aromatic rings. The van der Waals surface area contributed by atoms with Crippen LogP contribution in [0.15, 0.2) is 0 Å². The second kappa shape index (κ2) is 5.73. The first-order valence-electron chi connectivity index (χ1n) is 7.08. The van der Waals surface area contributed by atoms with Gasteiger partial charge in [-0.25, -0.2) is 0 Å². The molecule has 0 atom stereocenters. The summed E-state index contributed by atoms with van der Waals surface area (Å²) in [7, 11) is 0. The molecule has 0 aromatic heterocycles. The van der Waals surface area contributed by atoms with E-state index in [9.17, 15) is 9.59 Å². The molecule has 0 bridgehead atoms. The SMILES string of the molecule is CCC1(CC)CC(=O)N(CCCC(C)(C)C#N)C1=O. The van der Waals surface area contributed by atoms with Crippen LogP contribution in [0.1, 0.15) is 59.8 Å². The molecule has 1 aliphatic heterocycles. The van der Waals surface area contributed by atoms with E-state index in [2.05, 4.69) is 6.07 Å². The van der Waals surface area contributed by atoms with Crippen molar-refractivity contribution >= 4 is 11.8 Å². The van der Waals surface area contributed by atoms with Crippen LogP contribution in [-0.4, -0.2) is 23.3 Å². The Morgan fingerprint density at radius 1 is 1.32 bits per heavy atom. The van der Waals surface area contributed by atoms with Crippen LogP contribution in [0.3, 0.4) is 0 Å². The average molecular weight is 264 g/mol. The van der Waals surface area contributed by atoms with Gasteiger partial charge in [0.15, 0.2) is 0 Å². The molecular weight excluding hydrogens is 240 g/mol. The summed E-state index contributed by atoms with van der Waals surface area (Å²) in [4.78, 5) is 25.8. The number of carbonyl (C=O) groups excluding carboxylic acids is 2. The second-order valence-corrected chi connectivity index (χ2v) is 6.11. The van der Waals surface area contributed by atoms with Crippen molar-refractivity contribution < 1.29 is 9.59 Å². The van der Waals surface area contributed by atoms with E-state index in [0.29, 0.717) is 38.6 Å². The third kappa shape index (κ3) is 3.15. The lowest BCUT2D eigenvalue weighted by Gasteiger charge is -2.24. The first-order chi connectivity index (χ1) is 8.82. The molecule has 2 amide bonds. The van der Waals surface area contributed by atoms with Crippen molar-refractivity contribution in [1.29, 1.82) is 5.26 Å². The van der Waals surface area contributed by atoms with Gasteiger partial charge in [0.25, 0.3) is 0 Å². The first-order valence-corrected chi connectivity index (χ1v) is 7.08. The number of amides is 2. The van der Waals surface area contributed by atoms with Gasteiger partial charge in [0.2, 0.25) is 11.8 Å². The van der Waals surface area contributed by atoms with E-state index in [4.69, 9.17) is 5.26 Å². The highest BCUT2D eigenvalue weighted by atomic mass is 16.2. The molecule has 1 saturated heterocycles. The summed E-state index contributed by atoms with van der Waals surface area (Å²) in [5, 5.41) is 8.95. The average Bonchev–Trinajstić information content (AvgIpc) is 2.63. The summed E-state index contributed by atoms with van der Waals surface area (Å²) >= 11 is 0. The monoisotopic (exact) mass is 264 g/mol. The van der Waals surface area contributed by atoms with E-state index in [1.165, 1.54) is 4.90 Å². The lowest BCUT2D eigenvalue weighted by Crippen LogP contribution is -2.36. The molecule has 1 fully saturated rings. The molecule has 0 saturated carbocycles. The van der Waals surface area contributed by atoms with E-state index in [1.807, 2.05) is 27.7 Å². The van der Waals surface area contributed by atoms with Crippen molar-refractivity contribution in [3.63, 3.8) is 0 Å². The topological polar surface area (TPSA) is 61.2 Å². The molecule has 0 aliphatic carbocycles. The van der Waals surface area contributed by atoms with Crippen LogP contribution < -0.4 is 0 Å². The van der Waals surface area contributed by atoms with Crippen LogP contribution in [0, 0.1) is 22.2 Å². The van der Waals surface area contributed by atoms with Crippen LogP contribution >= 0.6 is 0 Å². The highest BCUT2D eigenvalue weighted by Crippen LogP contribution is 2.39. The van der Waals surface area contributed by atoms with Gasteiger partial charge in [-0.2, -0.15) is 5.26 Å². The Labute approximate surface area is 115 Å². The normalized spacial score (nSPS) is 18.8. The Balaban J connectivity index is 2.64. The number of carbonyl (C=O) groups is 2. The number of likely N-dealkylation sites (tertiary alicyclic amines) is 1. The fourth-order valence-electron chi connectivity index (χ4n) is 2.62. The maximum absolute atomic E-state index is 12.4. The van der Waals surface area contributed by atoms with Crippen molar-refractivity contribution in [3.05, 3.63) is 0 Å². The molecule has 0 unspecified atom stereocenters. The van der Waals surface area contributed by atoms with Crippen LogP contribution in [0.5, 0.6) is 0 Å². The summed E-state index contributed by atoms with van der Waals surface area (Å²) in [5.41, 5.74) is -0.861. The van der Waals surface area contributed by atoms with Crippen molar-refractivity contribution in [3.8, 4) is 6.07 Å². The fraction of sp³-hybridized carbons (Fsp3) is 0.800. The molecule has 0 radical (unpaired) electrons. The predicted octanol–water partition coefficient (Wildman–Crippen LogP) is 2.88. The number of imide groups is 1. The Bertz CT molecular complexity index is 403. The van der Waals surface area contributed by atoms with Gasteiger partial charge in [-0.15, -0.1) is 0 Å². The van der Waals surface area contributed by atoms with E-state index in [0.717, 1.165) is 0 Å². The molecule has 0 aromatic carbocycles. The largest absolute Gasteiger partial charge is 0.282 e. The molecule has 1 rings (SSSR count). The zero-order chi connectivity index (χ0) is 14.7. The molecule has 1 aliphatic rings. The van der Waals surface area contributed by atoms with Gasteiger partial charge in [0.1, 0.15) is 0 Å². The number of hydrogen-bond donors (Lipinski definition) is 0. The van der Waals surface area contributed by atoms with Crippen molar-refractivity contribution in [1.82, 2.24) is 4.90 Å². The van der Waals surface area contributed by atoms with Gasteiger partial charge < -0.3 is 0 Å². The number of hydrogen-bond acceptors (Lipinski definition) is 3. The van der Waals surface area contributed by atoms with E-state index < -0.39 is 10.8 Å². The first kappa shape index (κ1) is 15.7. The number of rotatable bonds is 6. The van der Waals surface area contributed by atoms with E-state index in [-0.39, 0.29) is 11.8 Å². The molecule has 1 heterocycles. The summed E-state index contributed by atoms with van der Waals surface area (Å²) in [5.74, 6) is -0.0688. The standard InChI is InChI=1S/C15H24N2O2/c1-5-15(6-2)10-12(18)17(13(15)19)9-7-8-14(3,4)11-16/h5-10H2,1-4H3. The van der Waals surface area contributed by atoms with E-state index in [1.54, 1.807) is 0 Å². The lowest BCUT2D eigenvalue weighted by molar-refractivity contribution is -0.141. The minimum absolute atomic E-state index is 0.0164. The lowest BCUT2D eigenvalue weighted by atomic mass is 9.81. The quantitative estimate of drug-likeness (QED) is 0.693. The summed E-state index contributed by atoms with van der Waals surface area (Å²) in [6.45, 7) is 8.14. The number of nitriles is 1. The second-order valence-electron chi connectivity index (χ2n) is 6.11. The Morgan fingerprint density at radius 3 is 2.32 bits per heavy atom. The van der Waals surface area contributed by atoms with Crippen LogP contribution in [0.2, 0.25) is 0 Å². The summed E-state index contributed by atoms with van der Waals surface area (Å²) in [6.07, 6.45) is 3.18. The molecule has 0 spiro atoms. The molecule has 106 valence electrons. The Morgan fingerprint density at radius 2 is 1.89 bits per heavy atom. The fourth-order valence-corrected chi connectivity index (χ4v) is 2.62. The Kier molecular flexibility index (Phi) is 4.73. The zero-order valence-electron chi connectivity index (χ0n) is 12.5. The van der Waals surface area contributed by atoms with Crippen molar-refractivity contribution in [2.24, 2.45) is 10.8 Å². The van der Waals surface area contributed by atoms with Crippen LogP contribution in [0.4, 0.5) is 0 Å². The van der Waals surface area contributed by atoms with Crippen LogP contribution in [0.25, 0.3) is 0 Å². The van der Waals surface area contributed by atoms with Crippen molar-refractivity contribution in [2.75, 3.05) is 6.54 Å². The minimum Gasteiger partial charge on any atom is -0.282 e. The van der Waals surface area contributed by atoms with Gasteiger partial charge >= 0.3 is 0 Å². The maximum Gasteiger partial charge on any atom is 0.235 e. The summed E-state index contributed by atoms with van der Waals surface area (Å²) < 4.78 is 0. The van der Waals surface area contributed by atoms with Crippen LogP contribution in [-0.2, 0) is 9.59 Å². The minimum atomic E-state index is -0.470. The highest BCUT2D eigenvalue weighted by Gasteiger charge is 2.48. The van der Waals surface area contributed by atoms with E-state index >= 15 is 0 Å². The molecule has 4 nitrogen and oxygen atoms in total. The third-order valence-electron chi connectivity index (χ3n) is 4.33. The molecule has 4 heteroatoms. The van der Waals surface area contributed by atoms with Gasteiger partial charge in [0.05, 0.1) is 16.9 Å². The van der Waals surface area contributed by atoms with Gasteiger partial charge in [-0.05, 0) is 39.5 Å². The molecule has 0 N–H and O–H groups in total. The summed E-state index contributed by atoms with van der Waals surface area (Å²) in [6, 6.07) is 2.24. The zero-order valence-corrected chi connectivity index (χ0v) is 12.5. The highest BCUT2D eigenvalue weighted by molar-refractivity contribution is 6.05.